The van der Waals surface area contributed by atoms with E-state index < -0.39 is 0 Å². The second kappa shape index (κ2) is 9.46. The van der Waals surface area contributed by atoms with Crippen molar-refractivity contribution in [3.05, 3.63) is 63.8 Å². The number of piperazine rings is 1. The summed E-state index contributed by atoms with van der Waals surface area (Å²) >= 11 is 0. The van der Waals surface area contributed by atoms with Crippen molar-refractivity contribution in [2.45, 2.75) is 31.8 Å². The van der Waals surface area contributed by atoms with Crippen LogP contribution >= 0.6 is 0 Å². The van der Waals surface area contributed by atoms with Gasteiger partial charge < -0.3 is 19.4 Å². The monoisotopic (exact) mass is 525 g/mol. The highest BCUT2D eigenvalue weighted by atomic mass is 16.5. The van der Waals surface area contributed by atoms with Crippen molar-refractivity contribution >= 4 is 22.4 Å². The van der Waals surface area contributed by atoms with Crippen molar-refractivity contribution in [2.24, 2.45) is 0 Å². The molecule has 0 unspecified atom stereocenters. The van der Waals surface area contributed by atoms with Gasteiger partial charge in [-0.05, 0) is 35.4 Å². The van der Waals surface area contributed by atoms with E-state index in [1.165, 1.54) is 11.3 Å². The predicted molar refractivity (Wildman–Crippen MR) is 150 cm³/mol. The van der Waals surface area contributed by atoms with Gasteiger partial charge in [-0.25, -0.2) is 0 Å². The van der Waals surface area contributed by atoms with E-state index in [0.29, 0.717) is 11.6 Å². The quantitative estimate of drug-likeness (QED) is 0.560. The van der Waals surface area contributed by atoms with Gasteiger partial charge in [0.25, 0.3) is 0 Å². The number of rotatable bonds is 4. The van der Waals surface area contributed by atoms with Crippen LogP contribution in [0.2, 0.25) is 0 Å². The van der Waals surface area contributed by atoms with Crippen molar-refractivity contribution < 1.29 is 14.3 Å². The van der Waals surface area contributed by atoms with Gasteiger partial charge in [-0.15, -0.1) is 0 Å². The van der Waals surface area contributed by atoms with E-state index in [9.17, 15) is 10.1 Å². The Balaban J connectivity index is 1.31. The van der Waals surface area contributed by atoms with E-state index >= 15 is 0 Å². The molecule has 8 nitrogen and oxygen atoms in total. The highest BCUT2D eigenvalue weighted by Gasteiger charge is 2.41. The van der Waals surface area contributed by atoms with Crippen LogP contribution in [0.4, 0.5) is 5.69 Å². The summed E-state index contributed by atoms with van der Waals surface area (Å²) < 4.78 is 11.1. The lowest BCUT2D eigenvalue weighted by Gasteiger charge is -2.44. The fourth-order valence-corrected chi connectivity index (χ4v) is 6.76. The molecule has 4 aliphatic rings. The molecule has 3 aliphatic heterocycles. The smallest absolute Gasteiger partial charge is 0.195 e. The maximum atomic E-state index is 14.2. The number of ketones is 1. The number of ether oxygens (including phenoxy) is 2. The number of nitriles is 1. The van der Waals surface area contributed by atoms with Crippen molar-refractivity contribution in [3.63, 3.8) is 0 Å². The molecular weight excluding hydrogens is 490 g/mol. The summed E-state index contributed by atoms with van der Waals surface area (Å²) in [6, 6.07) is 12.8. The largest absolute Gasteiger partial charge is 0.379 e. The summed E-state index contributed by atoms with van der Waals surface area (Å²) in [7, 11) is 0. The second-order valence-corrected chi connectivity index (χ2v) is 11.8. The van der Waals surface area contributed by atoms with E-state index in [4.69, 9.17) is 9.47 Å². The number of nitrogens with one attached hydrogen (secondary N) is 1. The molecule has 4 heterocycles. The minimum Gasteiger partial charge on any atom is -0.379 e. The summed E-state index contributed by atoms with van der Waals surface area (Å²) in [5.41, 5.74) is 7.07. The first-order chi connectivity index (χ1) is 18.9. The number of carbonyl (C=O) groups is 1. The number of aromatic nitrogens is 1. The minimum atomic E-state index is -0.387. The molecule has 0 bridgehead atoms. The normalized spacial score (nSPS) is 21.9. The Bertz CT molecular complexity index is 1480. The number of H-pyrrole nitrogens is 1. The van der Waals surface area contributed by atoms with Crippen LogP contribution in [0.3, 0.4) is 0 Å². The molecule has 0 atom stereocenters. The first-order valence-electron chi connectivity index (χ1n) is 14.1. The van der Waals surface area contributed by atoms with Crippen LogP contribution in [-0.4, -0.2) is 92.3 Å². The van der Waals surface area contributed by atoms with Crippen molar-refractivity contribution in [1.29, 1.82) is 5.26 Å². The van der Waals surface area contributed by atoms with Gasteiger partial charge in [-0.2, -0.15) is 5.26 Å². The molecule has 0 spiro atoms. The minimum absolute atomic E-state index is 0.0693. The topological polar surface area (TPSA) is 84.8 Å². The van der Waals surface area contributed by atoms with Crippen LogP contribution in [0.15, 0.2) is 30.3 Å². The molecule has 1 aromatic heterocycles. The molecular formula is C31H35N5O3. The van der Waals surface area contributed by atoms with E-state index in [-0.39, 0.29) is 11.2 Å². The first kappa shape index (κ1) is 24.8. The Morgan fingerprint density at radius 3 is 2.49 bits per heavy atom. The molecule has 202 valence electrons. The van der Waals surface area contributed by atoms with Gasteiger partial charge >= 0.3 is 0 Å². The molecule has 3 fully saturated rings. The molecule has 7 rings (SSSR count). The second-order valence-electron chi connectivity index (χ2n) is 11.8. The summed E-state index contributed by atoms with van der Waals surface area (Å²) in [6.45, 7) is 14.2. The number of nitrogens with zero attached hydrogens (tertiary/aromatic N) is 4. The average molecular weight is 526 g/mol. The van der Waals surface area contributed by atoms with Gasteiger partial charge in [-0.1, -0.05) is 19.9 Å². The number of hydrogen-bond donors (Lipinski definition) is 1. The Hall–Kier alpha value is -3.22. The number of carbonyl (C=O) groups excluding carboxylic acids is 1. The van der Waals surface area contributed by atoms with Crippen molar-refractivity contribution in [2.75, 3.05) is 70.6 Å². The highest BCUT2D eigenvalue weighted by molar-refractivity contribution is 6.20. The van der Waals surface area contributed by atoms with Gasteiger partial charge in [0.05, 0.1) is 49.7 Å². The molecule has 2 aromatic carbocycles. The maximum absolute atomic E-state index is 14.2. The van der Waals surface area contributed by atoms with Crippen molar-refractivity contribution in [1.82, 2.24) is 14.8 Å². The van der Waals surface area contributed by atoms with E-state index in [1.54, 1.807) is 6.07 Å². The first-order valence-corrected chi connectivity index (χ1v) is 14.1. The molecule has 39 heavy (non-hydrogen) atoms. The SMILES string of the molecule is CC1(C)c2cc(N3CCN(C4COC4)CC3)c(CN3CCOCC3)cc2C(=O)c2c1[nH]c1cc(C#N)ccc21. The van der Waals surface area contributed by atoms with Crippen LogP contribution in [0, 0.1) is 11.3 Å². The van der Waals surface area contributed by atoms with E-state index in [2.05, 4.69) is 51.7 Å². The zero-order chi connectivity index (χ0) is 26.7. The van der Waals surface area contributed by atoms with Gasteiger partial charge in [0.2, 0.25) is 0 Å². The van der Waals surface area contributed by atoms with Crippen LogP contribution in [-0.2, 0) is 21.4 Å². The zero-order valence-corrected chi connectivity index (χ0v) is 22.8. The third-order valence-corrected chi connectivity index (χ3v) is 9.21. The number of aromatic amines is 1. The Morgan fingerprint density at radius 1 is 1.03 bits per heavy atom. The highest BCUT2D eigenvalue weighted by Crippen LogP contribution is 2.46. The number of fused-ring (bicyclic) bond motifs is 4. The summed E-state index contributed by atoms with van der Waals surface area (Å²) in [6.07, 6.45) is 0. The molecule has 1 aliphatic carbocycles. The molecule has 0 radical (unpaired) electrons. The van der Waals surface area contributed by atoms with Crippen molar-refractivity contribution in [3.8, 4) is 6.07 Å². The molecule has 3 aromatic rings. The van der Waals surface area contributed by atoms with E-state index in [1.807, 2.05) is 12.1 Å². The van der Waals surface area contributed by atoms with Gasteiger partial charge in [0.15, 0.2) is 5.78 Å². The van der Waals surface area contributed by atoms with Crippen LogP contribution < -0.4 is 4.90 Å². The van der Waals surface area contributed by atoms with Gasteiger partial charge in [0, 0.05) is 79.1 Å². The van der Waals surface area contributed by atoms with Crippen LogP contribution in [0.25, 0.3) is 10.9 Å². The van der Waals surface area contributed by atoms with Crippen LogP contribution in [0.5, 0.6) is 0 Å². The fourth-order valence-electron chi connectivity index (χ4n) is 6.76. The average Bonchev–Trinajstić information content (AvgIpc) is 3.32. The Kier molecular flexibility index (Phi) is 6.01. The van der Waals surface area contributed by atoms with Gasteiger partial charge in [-0.3, -0.25) is 14.6 Å². The Labute approximate surface area is 229 Å². The number of hydrogen-bond acceptors (Lipinski definition) is 7. The molecule has 3 saturated heterocycles. The standard InChI is InChI=1S/C31H35N5O3/c1-31(2)25-15-27(36-7-5-35(6-8-36)22-18-39-19-22)21(17-34-9-11-38-12-10-34)14-24(25)29(37)28-23-4-3-20(16-32)13-26(23)33-30(28)31/h3-4,13-15,22,33H,5-12,17-19H2,1-2H3. The summed E-state index contributed by atoms with van der Waals surface area (Å²) in [5.74, 6) is 0.0693. The van der Waals surface area contributed by atoms with E-state index in [0.717, 1.165) is 106 Å². The lowest BCUT2D eigenvalue weighted by Crippen LogP contribution is -2.56. The third kappa shape index (κ3) is 4.07. The number of morpholine rings is 1. The van der Waals surface area contributed by atoms with Gasteiger partial charge in [0.1, 0.15) is 0 Å². The summed E-state index contributed by atoms with van der Waals surface area (Å²) in [4.78, 5) is 25.2. The lowest BCUT2D eigenvalue weighted by atomic mass is 9.70. The predicted octanol–water partition coefficient (Wildman–Crippen LogP) is 3.26. The molecule has 0 amide bonds. The number of anilines is 1. The Morgan fingerprint density at radius 2 is 1.79 bits per heavy atom. The summed E-state index contributed by atoms with van der Waals surface area (Å²) in [5, 5.41) is 10.3. The van der Waals surface area contributed by atoms with Crippen LogP contribution in [0.1, 0.15) is 52.2 Å². The zero-order valence-electron chi connectivity index (χ0n) is 22.8. The molecule has 1 N–H and O–H groups in total. The number of benzene rings is 2. The lowest BCUT2D eigenvalue weighted by molar-refractivity contribution is -0.0660. The molecule has 8 heteroatoms. The fraction of sp³-hybridized carbons (Fsp3) is 0.484. The molecule has 0 saturated carbocycles. The maximum Gasteiger partial charge on any atom is 0.195 e. The third-order valence-electron chi connectivity index (χ3n) is 9.21.